The average molecular weight is 390 g/mol. The van der Waals surface area contributed by atoms with E-state index >= 15 is 0 Å². The summed E-state index contributed by atoms with van der Waals surface area (Å²) in [5.74, 6) is -0.535. The smallest absolute Gasteiger partial charge is 0.305 e. The summed E-state index contributed by atoms with van der Waals surface area (Å²) >= 11 is 5.03. The zero-order chi connectivity index (χ0) is 16.6. The number of hydrogen-bond donors (Lipinski definition) is 2. The first kappa shape index (κ1) is 19.0. The minimum Gasteiger partial charge on any atom is -0.481 e. The fourth-order valence-electron chi connectivity index (χ4n) is 2.00. The molecule has 0 bridgehead atoms. The summed E-state index contributed by atoms with van der Waals surface area (Å²) in [7, 11) is 1.48. The standard InChI is InChI=1S/C15H20BrNO4S/c1-15(10-21-2,9-14(19)20)17-13(18)7-8-22-12-6-4-3-5-11(12)16/h3-6H,7-10H2,1-2H3,(H,17,18)(H,19,20). The van der Waals surface area contributed by atoms with Crippen molar-refractivity contribution in [1.29, 1.82) is 0 Å². The maximum Gasteiger partial charge on any atom is 0.305 e. The Morgan fingerprint density at radius 2 is 2.09 bits per heavy atom. The lowest BCUT2D eigenvalue weighted by atomic mass is 9.99. The van der Waals surface area contributed by atoms with E-state index in [1.807, 2.05) is 24.3 Å². The van der Waals surface area contributed by atoms with Crippen LogP contribution in [0.5, 0.6) is 0 Å². The van der Waals surface area contributed by atoms with Crippen molar-refractivity contribution in [3.8, 4) is 0 Å². The molecule has 1 rings (SSSR count). The van der Waals surface area contributed by atoms with Gasteiger partial charge in [0.2, 0.25) is 5.91 Å². The number of ether oxygens (including phenoxy) is 1. The molecule has 22 heavy (non-hydrogen) atoms. The summed E-state index contributed by atoms with van der Waals surface area (Å²) in [6.07, 6.45) is 0.134. The van der Waals surface area contributed by atoms with Gasteiger partial charge in [0, 0.05) is 28.7 Å². The molecule has 0 aliphatic rings. The highest BCUT2D eigenvalue weighted by atomic mass is 79.9. The van der Waals surface area contributed by atoms with Crippen LogP contribution in [0.3, 0.4) is 0 Å². The second kappa shape index (κ2) is 9.17. The number of hydrogen-bond acceptors (Lipinski definition) is 4. The van der Waals surface area contributed by atoms with Gasteiger partial charge in [0.25, 0.3) is 0 Å². The number of nitrogens with one attached hydrogen (secondary N) is 1. The maximum atomic E-state index is 12.0. The number of carbonyl (C=O) groups excluding carboxylic acids is 1. The van der Waals surface area contributed by atoms with E-state index in [1.54, 1.807) is 18.7 Å². The van der Waals surface area contributed by atoms with Crippen molar-refractivity contribution in [2.24, 2.45) is 0 Å². The van der Waals surface area contributed by atoms with Crippen LogP contribution in [-0.2, 0) is 14.3 Å². The van der Waals surface area contributed by atoms with Crippen LogP contribution < -0.4 is 5.32 Å². The predicted octanol–water partition coefficient (Wildman–Crippen LogP) is 2.93. The molecule has 122 valence electrons. The largest absolute Gasteiger partial charge is 0.481 e. The van der Waals surface area contributed by atoms with Gasteiger partial charge in [-0.2, -0.15) is 0 Å². The summed E-state index contributed by atoms with van der Waals surface area (Å²) in [4.78, 5) is 24.0. The molecule has 0 radical (unpaired) electrons. The minimum absolute atomic E-state index is 0.155. The van der Waals surface area contributed by atoms with Crippen molar-refractivity contribution in [2.75, 3.05) is 19.5 Å². The van der Waals surface area contributed by atoms with Crippen molar-refractivity contribution >= 4 is 39.6 Å². The van der Waals surface area contributed by atoms with Gasteiger partial charge in [-0.1, -0.05) is 12.1 Å². The number of aliphatic carboxylic acids is 1. The number of halogens is 1. The lowest BCUT2D eigenvalue weighted by Gasteiger charge is -2.28. The van der Waals surface area contributed by atoms with Crippen molar-refractivity contribution in [3.63, 3.8) is 0 Å². The summed E-state index contributed by atoms with van der Waals surface area (Å²) in [5.41, 5.74) is -0.893. The Kier molecular flexibility index (Phi) is 7.92. The van der Waals surface area contributed by atoms with E-state index in [-0.39, 0.29) is 18.9 Å². The summed E-state index contributed by atoms with van der Waals surface area (Å²) in [5, 5.41) is 11.7. The maximum absolute atomic E-state index is 12.0. The Bertz CT molecular complexity index is 526. The number of thioether (sulfide) groups is 1. The lowest BCUT2D eigenvalue weighted by Crippen LogP contribution is -2.50. The van der Waals surface area contributed by atoms with Crippen molar-refractivity contribution in [1.82, 2.24) is 5.32 Å². The SMILES string of the molecule is COCC(C)(CC(=O)O)NC(=O)CCSc1ccccc1Br. The molecule has 0 fully saturated rings. The first-order chi connectivity index (χ1) is 10.4. The molecule has 0 aliphatic carbocycles. The second-order valence-electron chi connectivity index (χ2n) is 5.14. The molecule has 0 saturated heterocycles. The van der Waals surface area contributed by atoms with Crippen LogP contribution in [0.4, 0.5) is 0 Å². The van der Waals surface area contributed by atoms with Crippen LogP contribution in [0, 0.1) is 0 Å². The third-order valence-electron chi connectivity index (χ3n) is 2.87. The molecule has 1 atom stereocenters. The Balaban J connectivity index is 2.47. The van der Waals surface area contributed by atoms with Gasteiger partial charge in [-0.3, -0.25) is 9.59 Å². The summed E-state index contributed by atoms with van der Waals surface area (Å²) < 4.78 is 6.00. The summed E-state index contributed by atoms with van der Waals surface area (Å²) in [6, 6.07) is 7.80. The Morgan fingerprint density at radius 1 is 1.41 bits per heavy atom. The fraction of sp³-hybridized carbons (Fsp3) is 0.467. The molecule has 7 heteroatoms. The minimum atomic E-state index is -0.970. The van der Waals surface area contributed by atoms with Gasteiger partial charge in [-0.25, -0.2) is 0 Å². The number of benzene rings is 1. The number of amides is 1. The van der Waals surface area contributed by atoms with Gasteiger partial charge >= 0.3 is 5.97 Å². The Labute approximate surface area is 142 Å². The molecule has 0 aliphatic heterocycles. The van der Waals surface area contributed by atoms with Crippen LogP contribution in [0.1, 0.15) is 19.8 Å². The van der Waals surface area contributed by atoms with Gasteiger partial charge in [-0.15, -0.1) is 11.8 Å². The monoisotopic (exact) mass is 389 g/mol. The van der Waals surface area contributed by atoms with E-state index in [9.17, 15) is 9.59 Å². The van der Waals surface area contributed by atoms with E-state index in [2.05, 4.69) is 21.2 Å². The van der Waals surface area contributed by atoms with Crippen molar-refractivity contribution < 1.29 is 19.4 Å². The van der Waals surface area contributed by atoms with Gasteiger partial charge in [-0.05, 0) is 35.0 Å². The third kappa shape index (κ3) is 6.81. The molecule has 2 N–H and O–H groups in total. The van der Waals surface area contributed by atoms with Crippen molar-refractivity contribution in [3.05, 3.63) is 28.7 Å². The second-order valence-corrected chi connectivity index (χ2v) is 7.13. The number of carbonyl (C=O) groups is 2. The normalized spacial score (nSPS) is 13.4. The van der Waals surface area contributed by atoms with E-state index in [4.69, 9.17) is 9.84 Å². The first-order valence-corrected chi connectivity index (χ1v) is 8.53. The molecule has 0 saturated carbocycles. The zero-order valence-electron chi connectivity index (χ0n) is 12.6. The van der Waals surface area contributed by atoms with Gasteiger partial charge in [0.15, 0.2) is 0 Å². The summed E-state index contributed by atoms with van der Waals surface area (Å²) in [6.45, 7) is 1.83. The number of carboxylic acids is 1. The molecule has 1 aromatic rings. The highest BCUT2D eigenvalue weighted by molar-refractivity contribution is 9.10. The van der Waals surface area contributed by atoms with E-state index < -0.39 is 11.5 Å². The van der Waals surface area contributed by atoms with Crippen LogP contribution >= 0.6 is 27.7 Å². The highest BCUT2D eigenvalue weighted by Crippen LogP contribution is 2.27. The Morgan fingerprint density at radius 3 is 2.68 bits per heavy atom. The van der Waals surface area contributed by atoms with Gasteiger partial charge in [0.05, 0.1) is 18.6 Å². The Hall–Kier alpha value is -1.05. The topological polar surface area (TPSA) is 75.6 Å². The molecule has 1 aromatic carbocycles. The first-order valence-electron chi connectivity index (χ1n) is 6.75. The van der Waals surface area contributed by atoms with Gasteiger partial charge < -0.3 is 15.2 Å². The fourth-order valence-corrected chi connectivity index (χ4v) is 3.51. The van der Waals surface area contributed by atoms with E-state index in [0.29, 0.717) is 12.2 Å². The number of methoxy groups -OCH3 is 1. The number of rotatable bonds is 9. The quantitative estimate of drug-likeness (QED) is 0.635. The predicted molar refractivity (Wildman–Crippen MR) is 90.2 cm³/mol. The van der Waals surface area contributed by atoms with E-state index in [0.717, 1.165) is 9.37 Å². The molecule has 0 heterocycles. The molecule has 1 amide bonds. The highest BCUT2D eigenvalue weighted by Gasteiger charge is 2.29. The van der Waals surface area contributed by atoms with Crippen LogP contribution in [0.25, 0.3) is 0 Å². The molecular formula is C15H20BrNO4S. The lowest BCUT2D eigenvalue weighted by molar-refractivity contribution is -0.139. The average Bonchev–Trinajstić information content (AvgIpc) is 2.39. The zero-order valence-corrected chi connectivity index (χ0v) is 15.0. The van der Waals surface area contributed by atoms with Crippen molar-refractivity contribution in [2.45, 2.75) is 30.2 Å². The molecule has 1 unspecified atom stereocenters. The molecular weight excluding hydrogens is 370 g/mol. The molecule has 0 aromatic heterocycles. The van der Waals surface area contributed by atoms with Crippen LogP contribution in [-0.4, -0.2) is 42.0 Å². The van der Waals surface area contributed by atoms with E-state index in [1.165, 1.54) is 7.11 Å². The van der Waals surface area contributed by atoms with Crippen LogP contribution in [0.15, 0.2) is 33.6 Å². The molecule has 0 spiro atoms. The van der Waals surface area contributed by atoms with Crippen LogP contribution in [0.2, 0.25) is 0 Å². The number of carboxylic acid groups (broad SMARTS) is 1. The molecule has 5 nitrogen and oxygen atoms in total. The van der Waals surface area contributed by atoms with Gasteiger partial charge in [0.1, 0.15) is 0 Å². The third-order valence-corrected chi connectivity index (χ3v) is 4.90.